The van der Waals surface area contributed by atoms with Crippen LogP contribution in [0, 0.1) is 0 Å². The van der Waals surface area contributed by atoms with Crippen LogP contribution in [0.5, 0.6) is 0 Å². The Kier molecular flexibility index (Phi) is 5.74. The molecule has 1 aromatic rings. The van der Waals surface area contributed by atoms with Gasteiger partial charge in [0.15, 0.2) is 0 Å². The van der Waals surface area contributed by atoms with Crippen molar-refractivity contribution in [1.29, 1.82) is 0 Å². The normalized spacial score (nSPS) is 13.5. The summed E-state index contributed by atoms with van der Waals surface area (Å²) in [5.74, 6) is 0. The van der Waals surface area contributed by atoms with Crippen LogP contribution in [-0.4, -0.2) is 34.7 Å². The van der Waals surface area contributed by atoms with Gasteiger partial charge in [0.2, 0.25) is 10.0 Å². The van der Waals surface area contributed by atoms with Gasteiger partial charge in [-0.15, -0.1) is 0 Å². The Bertz CT molecular complexity index is 457. The zero-order valence-corrected chi connectivity index (χ0v) is 11.5. The number of sulfonamides is 1. The van der Waals surface area contributed by atoms with E-state index in [1.54, 1.807) is 31.2 Å². The molecule has 0 radical (unpaired) electrons. The van der Waals surface area contributed by atoms with Gasteiger partial charge in [0, 0.05) is 13.2 Å². The van der Waals surface area contributed by atoms with Crippen LogP contribution in [0.1, 0.15) is 12.5 Å². The first-order valence-electron chi connectivity index (χ1n) is 5.80. The highest BCUT2D eigenvalue weighted by molar-refractivity contribution is 7.89. The molecule has 0 aliphatic heterocycles. The van der Waals surface area contributed by atoms with Crippen molar-refractivity contribution in [3.8, 4) is 0 Å². The van der Waals surface area contributed by atoms with Gasteiger partial charge >= 0.3 is 0 Å². The fourth-order valence-electron chi connectivity index (χ4n) is 1.62. The molecule has 0 saturated carbocycles. The van der Waals surface area contributed by atoms with Crippen molar-refractivity contribution in [2.75, 3.05) is 20.3 Å². The number of hydrogen-bond donors (Lipinski definition) is 2. The third-order valence-electron chi connectivity index (χ3n) is 2.44. The van der Waals surface area contributed by atoms with Crippen molar-refractivity contribution in [2.45, 2.75) is 24.3 Å². The SMILES string of the molecule is COCC(C)NS(=O)(=O)c1ccc(CCN)cc1. The van der Waals surface area contributed by atoms with E-state index in [0.717, 1.165) is 12.0 Å². The number of benzene rings is 1. The predicted molar refractivity (Wildman–Crippen MR) is 70.9 cm³/mol. The summed E-state index contributed by atoms with van der Waals surface area (Å²) < 4.78 is 31.4. The molecule has 0 amide bonds. The third-order valence-corrected chi connectivity index (χ3v) is 4.05. The number of ether oxygens (including phenoxy) is 1. The Morgan fingerprint density at radius 2 is 1.94 bits per heavy atom. The monoisotopic (exact) mass is 272 g/mol. The Hall–Kier alpha value is -0.950. The van der Waals surface area contributed by atoms with E-state index in [1.165, 1.54) is 7.11 Å². The summed E-state index contributed by atoms with van der Waals surface area (Å²) in [5, 5.41) is 0. The van der Waals surface area contributed by atoms with Gasteiger partial charge in [0.1, 0.15) is 0 Å². The summed E-state index contributed by atoms with van der Waals surface area (Å²) >= 11 is 0. The molecular weight excluding hydrogens is 252 g/mol. The van der Waals surface area contributed by atoms with E-state index in [-0.39, 0.29) is 10.9 Å². The van der Waals surface area contributed by atoms with Crippen LogP contribution in [0.3, 0.4) is 0 Å². The van der Waals surface area contributed by atoms with Crippen molar-refractivity contribution in [2.24, 2.45) is 5.73 Å². The predicted octanol–water partition coefficient (Wildman–Crippen LogP) is 0.501. The number of hydrogen-bond acceptors (Lipinski definition) is 4. The number of methoxy groups -OCH3 is 1. The summed E-state index contributed by atoms with van der Waals surface area (Å²) in [6.45, 7) is 2.64. The molecular formula is C12H20N2O3S. The van der Waals surface area contributed by atoms with Gasteiger partial charge in [0.05, 0.1) is 11.5 Å². The lowest BCUT2D eigenvalue weighted by Gasteiger charge is -2.13. The quantitative estimate of drug-likeness (QED) is 0.757. The maximum atomic E-state index is 12.0. The molecule has 3 N–H and O–H groups in total. The van der Waals surface area contributed by atoms with Gasteiger partial charge in [-0.2, -0.15) is 0 Å². The van der Waals surface area contributed by atoms with E-state index in [0.29, 0.717) is 13.2 Å². The van der Waals surface area contributed by atoms with Gasteiger partial charge in [-0.3, -0.25) is 0 Å². The highest BCUT2D eigenvalue weighted by Gasteiger charge is 2.16. The van der Waals surface area contributed by atoms with Crippen LogP contribution >= 0.6 is 0 Å². The minimum Gasteiger partial charge on any atom is -0.383 e. The van der Waals surface area contributed by atoms with Gasteiger partial charge in [-0.05, 0) is 37.6 Å². The van der Waals surface area contributed by atoms with E-state index < -0.39 is 10.0 Å². The Morgan fingerprint density at radius 3 is 2.44 bits per heavy atom. The molecule has 0 aromatic heterocycles. The second-order valence-electron chi connectivity index (χ2n) is 4.16. The molecule has 1 aromatic carbocycles. The van der Waals surface area contributed by atoms with Crippen molar-refractivity contribution in [1.82, 2.24) is 4.72 Å². The van der Waals surface area contributed by atoms with Gasteiger partial charge in [-0.1, -0.05) is 12.1 Å². The van der Waals surface area contributed by atoms with Crippen LogP contribution in [-0.2, 0) is 21.2 Å². The molecule has 5 nitrogen and oxygen atoms in total. The molecule has 1 rings (SSSR count). The summed E-state index contributed by atoms with van der Waals surface area (Å²) in [6, 6.07) is 6.48. The topological polar surface area (TPSA) is 81.4 Å². The molecule has 102 valence electrons. The lowest BCUT2D eigenvalue weighted by molar-refractivity contribution is 0.180. The molecule has 0 aliphatic carbocycles. The molecule has 0 heterocycles. The largest absolute Gasteiger partial charge is 0.383 e. The number of nitrogens with one attached hydrogen (secondary N) is 1. The molecule has 0 saturated heterocycles. The Balaban J connectivity index is 2.78. The standard InChI is InChI=1S/C12H20N2O3S/c1-10(9-17-2)14-18(15,16)12-5-3-11(4-6-12)7-8-13/h3-6,10,14H,7-9,13H2,1-2H3. The van der Waals surface area contributed by atoms with Crippen LogP contribution in [0.4, 0.5) is 0 Å². The number of nitrogens with two attached hydrogens (primary N) is 1. The van der Waals surface area contributed by atoms with E-state index in [1.807, 2.05) is 0 Å². The summed E-state index contributed by atoms with van der Waals surface area (Å²) in [4.78, 5) is 0.256. The molecule has 1 atom stereocenters. The first kappa shape index (κ1) is 15.1. The van der Waals surface area contributed by atoms with Crippen LogP contribution in [0.15, 0.2) is 29.2 Å². The second-order valence-corrected chi connectivity index (χ2v) is 5.87. The zero-order valence-electron chi connectivity index (χ0n) is 10.7. The highest BCUT2D eigenvalue weighted by Crippen LogP contribution is 2.11. The fourth-order valence-corrected chi connectivity index (χ4v) is 2.85. The lowest BCUT2D eigenvalue weighted by atomic mass is 10.2. The summed E-state index contributed by atoms with van der Waals surface area (Å²) in [5.41, 5.74) is 6.47. The first-order chi connectivity index (χ1) is 8.49. The molecule has 1 unspecified atom stereocenters. The van der Waals surface area contributed by atoms with E-state index in [4.69, 9.17) is 10.5 Å². The van der Waals surface area contributed by atoms with Crippen molar-refractivity contribution < 1.29 is 13.2 Å². The third kappa shape index (κ3) is 4.38. The zero-order chi connectivity index (χ0) is 13.6. The average molecular weight is 272 g/mol. The van der Waals surface area contributed by atoms with E-state index >= 15 is 0 Å². The van der Waals surface area contributed by atoms with Crippen molar-refractivity contribution in [3.05, 3.63) is 29.8 Å². The molecule has 0 spiro atoms. The van der Waals surface area contributed by atoms with Crippen molar-refractivity contribution >= 4 is 10.0 Å². The molecule has 0 aliphatic rings. The molecule has 0 fully saturated rings. The van der Waals surface area contributed by atoms with Gasteiger partial charge in [-0.25, -0.2) is 13.1 Å². The number of rotatable bonds is 7. The Labute approximate surface area is 108 Å². The molecule has 0 bridgehead atoms. The lowest BCUT2D eigenvalue weighted by Crippen LogP contribution is -2.35. The average Bonchev–Trinajstić information content (AvgIpc) is 2.29. The summed E-state index contributed by atoms with van der Waals surface area (Å²) in [6.07, 6.45) is 0.744. The van der Waals surface area contributed by atoms with Gasteiger partial charge in [0.25, 0.3) is 0 Å². The van der Waals surface area contributed by atoms with Crippen LogP contribution < -0.4 is 10.5 Å². The highest BCUT2D eigenvalue weighted by atomic mass is 32.2. The van der Waals surface area contributed by atoms with Crippen molar-refractivity contribution in [3.63, 3.8) is 0 Å². The fraction of sp³-hybridized carbons (Fsp3) is 0.500. The van der Waals surface area contributed by atoms with Crippen LogP contribution in [0.25, 0.3) is 0 Å². The van der Waals surface area contributed by atoms with E-state index in [9.17, 15) is 8.42 Å². The van der Waals surface area contributed by atoms with Gasteiger partial charge < -0.3 is 10.5 Å². The maximum Gasteiger partial charge on any atom is 0.240 e. The second kappa shape index (κ2) is 6.84. The smallest absolute Gasteiger partial charge is 0.240 e. The van der Waals surface area contributed by atoms with E-state index in [2.05, 4.69) is 4.72 Å². The Morgan fingerprint density at radius 1 is 1.33 bits per heavy atom. The maximum absolute atomic E-state index is 12.0. The molecule has 6 heteroatoms. The summed E-state index contributed by atoms with van der Waals surface area (Å²) in [7, 11) is -1.94. The minimum absolute atomic E-state index is 0.256. The minimum atomic E-state index is -3.47. The first-order valence-corrected chi connectivity index (χ1v) is 7.28. The van der Waals surface area contributed by atoms with Crippen LogP contribution in [0.2, 0.25) is 0 Å². The molecule has 18 heavy (non-hydrogen) atoms.